The summed E-state index contributed by atoms with van der Waals surface area (Å²) in [5, 5.41) is 3.46. The quantitative estimate of drug-likeness (QED) is 0.877. The van der Waals surface area contributed by atoms with Crippen molar-refractivity contribution in [2.45, 2.75) is 32.7 Å². The zero-order chi connectivity index (χ0) is 13.7. The number of methoxy groups -OCH3 is 1. The topological polar surface area (TPSA) is 50.3 Å². The Morgan fingerprint density at radius 3 is 3.00 bits per heavy atom. The van der Waals surface area contributed by atoms with Gasteiger partial charge in [-0.25, -0.2) is 4.98 Å². The van der Waals surface area contributed by atoms with E-state index in [2.05, 4.69) is 34.0 Å². The summed E-state index contributed by atoms with van der Waals surface area (Å²) in [6.45, 7) is 7.59. The van der Waals surface area contributed by atoms with E-state index in [1.54, 1.807) is 19.4 Å². The van der Waals surface area contributed by atoms with Crippen LogP contribution in [-0.2, 0) is 0 Å². The Morgan fingerprint density at radius 1 is 1.53 bits per heavy atom. The van der Waals surface area contributed by atoms with Gasteiger partial charge < -0.3 is 15.0 Å². The minimum Gasteiger partial charge on any atom is -0.481 e. The highest BCUT2D eigenvalue weighted by Crippen LogP contribution is 2.19. The number of piperidine rings is 1. The minimum atomic E-state index is 0.383. The van der Waals surface area contributed by atoms with E-state index in [9.17, 15) is 0 Å². The molecule has 1 aromatic rings. The molecule has 1 N–H and O–H groups in total. The molecule has 2 rings (SSSR count). The standard InChI is InChI=1S/C14H24N4O/c1-11(2)18(10-12-5-4-7-15-9-12)14-16-8-6-13(17-14)19-3/h6,8,11-12,15H,4-5,7,9-10H2,1-3H3. The van der Waals surface area contributed by atoms with Crippen molar-refractivity contribution in [1.29, 1.82) is 0 Å². The third-order valence-corrected chi connectivity index (χ3v) is 3.56. The number of hydrogen-bond donors (Lipinski definition) is 1. The monoisotopic (exact) mass is 264 g/mol. The van der Waals surface area contributed by atoms with Crippen molar-refractivity contribution < 1.29 is 4.74 Å². The number of aromatic nitrogens is 2. The molecule has 19 heavy (non-hydrogen) atoms. The summed E-state index contributed by atoms with van der Waals surface area (Å²) >= 11 is 0. The van der Waals surface area contributed by atoms with Crippen LogP contribution in [0.2, 0.25) is 0 Å². The Bertz CT molecular complexity index is 391. The van der Waals surface area contributed by atoms with Crippen LogP contribution in [0.4, 0.5) is 5.95 Å². The maximum Gasteiger partial charge on any atom is 0.228 e. The highest BCUT2D eigenvalue weighted by Gasteiger charge is 2.21. The summed E-state index contributed by atoms with van der Waals surface area (Å²) < 4.78 is 5.18. The van der Waals surface area contributed by atoms with Crippen LogP contribution in [0.25, 0.3) is 0 Å². The first-order valence-corrected chi connectivity index (χ1v) is 7.05. The molecule has 0 amide bonds. The molecule has 0 spiro atoms. The molecule has 0 bridgehead atoms. The van der Waals surface area contributed by atoms with Crippen LogP contribution < -0.4 is 15.0 Å². The molecule has 5 heteroatoms. The zero-order valence-electron chi connectivity index (χ0n) is 12.1. The first kappa shape index (κ1) is 14.1. The van der Waals surface area contributed by atoms with Crippen molar-refractivity contribution in [3.63, 3.8) is 0 Å². The maximum atomic E-state index is 5.18. The van der Waals surface area contributed by atoms with E-state index >= 15 is 0 Å². The van der Waals surface area contributed by atoms with Crippen LogP contribution in [0.5, 0.6) is 5.88 Å². The molecule has 2 heterocycles. The Morgan fingerprint density at radius 2 is 2.37 bits per heavy atom. The number of anilines is 1. The lowest BCUT2D eigenvalue weighted by molar-refractivity contribution is 0.367. The van der Waals surface area contributed by atoms with Gasteiger partial charge in [-0.05, 0) is 45.7 Å². The van der Waals surface area contributed by atoms with E-state index in [1.807, 2.05) is 0 Å². The highest BCUT2D eigenvalue weighted by molar-refractivity contribution is 5.33. The minimum absolute atomic E-state index is 0.383. The second kappa shape index (κ2) is 6.70. The van der Waals surface area contributed by atoms with Gasteiger partial charge in [0.25, 0.3) is 0 Å². The van der Waals surface area contributed by atoms with E-state index in [0.29, 0.717) is 17.8 Å². The Hall–Kier alpha value is -1.36. The number of rotatable bonds is 5. The summed E-state index contributed by atoms with van der Waals surface area (Å²) in [4.78, 5) is 11.1. The molecule has 106 valence electrons. The molecule has 1 fully saturated rings. The number of ether oxygens (including phenoxy) is 1. The molecule has 0 aromatic carbocycles. The molecule has 0 aliphatic carbocycles. The molecule has 1 atom stereocenters. The van der Waals surface area contributed by atoms with Crippen molar-refractivity contribution in [3.05, 3.63) is 12.3 Å². The van der Waals surface area contributed by atoms with Crippen molar-refractivity contribution in [2.24, 2.45) is 5.92 Å². The first-order chi connectivity index (χ1) is 9.20. The van der Waals surface area contributed by atoms with Gasteiger partial charge in [0.15, 0.2) is 0 Å². The van der Waals surface area contributed by atoms with Crippen LogP contribution in [0, 0.1) is 5.92 Å². The van der Waals surface area contributed by atoms with E-state index in [4.69, 9.17) is 4.74 Å². The van der Waals surface area contributed by atoms with E-state index in [0.717, 1.165) is 25.6 Å². The number of nitrogens with one attached hydrogen (secondary N) is 1. The van der Waals surface area contributed by atoms with Crippen molar-refractivity contribution in [3.8, 4) is 5.88 Å². The lowest BCUT2D eigenvalue weighted by Gasteiger charge is -2.32. The van der Waals surface area contributed by atoms with Gasteiger partial charge in [-0.15, -0.1) is 0 Å². The van der Waals surface area contributed by atoms with Crippen molar-refractivity contribution in [2.75, 3.05) is 31.6 Å². The van der Waals surface area contributed by atoms with Crippen LogP contribution >= 0.6 is 0 Å². The van der Waals surface area contributed by atoms with E-state index < -0.39 is 0 Å². The Labute approximate surface area is 115 Å². The van der Waals surface area contributed by atoms with E-state index in [1.165, 1.54) is 12.8 Å². The van der Waals surface area contributed by atoms with Crippen LogP contribution in [0.15, 0.2) is 12.3 Å². The molecule has 1 unspecified atom stereocenters. The lowest BCUT2D eigenvalue weighted by Crippen LogP contribution is -2.42. The first-order valence-electron chi connectivity index (χ1n) is 7.05. The van der Waals surface area contributed by atoms with Gasteiger partial charge in [0.1, 0.15) is 0 Å². The molecule has 5 nitrogen and oxygen atoms in total. The maximum absolute atomic E-state index is 5.18. The van der Waals surface area contributed by atoms with Crippen LogP contribution in [0.3, 0.4) is 0 Å². The van der Waals surface area contributed by atoms with Crippen LogP contribution in [-0.4, -0.2) is 42.8 Å². The Balaban J connectivity index is 2.09. The fourth-order valence-corrected chi connectivity index (χ4v) is 2.47. The highest BCUT2D eigenvalue weighted by atomic mass is 16.5. The fraction of sp³-hybridized carbons (Fsp3) is 0.714. The smallest absolute Gasteiger partial charge is 0.228 e. The normalized spacial score (nSPS) is 19.5. The number of nitrogens with zero attached hydrogens (tertiary/aromatic N) is 3. The fourth-order valence-electron chi connectivity index (χ4n) is 2.47. The summed E-state index contributed by atoms with van der Waals surface area (Å²) in [5.74, 6) is 2.06. The number of hydrogen-bond acceptors (Lipinski definition) is 5. The largest absolute Gasteiger partial charge is 0.481 e. The van der Waals surface area contributed by atoms with Crippen molar-refractivity contribution >= 4 is 5.95 Å². The molecule has 1 aliphatic heterocycles. The van der Waals surface area contributed by atoms with Gasteiger partial charge in [0, 0.05) is 24.8 Å². The average Bonchev–Trinajstić information content (AvgIpc) is 2.45. The zero-order valence-corrected chi connectivity index (χ0v) is 12.1. The summed E-state index contributed by atoms with van der Waals surface area (Å²) in [7, 11) is 1.64. The third kappa shape index (κ3) is 3.80. The Kier molecular flexibility index (Phi) is 4.96. The van der Waals surface area contributed by atoms with E-state index in [-0.39, 0.29) is 0 Å². The summed E-state index contributed by atoms with van der Waals surface area (Å²) in [5.41, 5.74) is 0. The van der Waals surface area contributed by atoms with Gasteiger partial charge in [-0.3, -0.25) is 0 Å². The molecule has 1 aromatic heterocycles. The van der Waals surface area contributed by atoms with Gasteiger partial charge in [-0.2, -0.15) is 4.98 Å². The third-order valence-electron chi connectivity index (χ3n) is 3.56. The summed E-state index contributed by atoms with van der Waals surface area (Å²) in [6, 6.07) is 2.17. The SMILES string of the molecule is COc1ccnc(N(CC2CCCNC2)C(C)C)n1. The van der Waals surface area contributed by atoms with Crippen LogP contribution in [0.1, 0.15) is 26.7 Å². The average molecular weight is 264 g/mol. The van der Waals surface area contributed by atoms with Gasteiger partial charge in [0.2, 0.25) is 11.8 Å². The molecule has 0 radical (unpaired) electrons. The van der Waals surface area contributed by atoms with Gasteiger partial charge in [0.05, 0.1) is 7.11 Å². The predicted octanol–water partition coefficient (Wildman–Crippen LogP) is 1.70. The molecule has 0 saturated carbocycles. The van der Waals surface area contributed by atoms with Gasteiger partial charge >= 0.3 is 0 Å². The van der Waals surface area contributed by atoms with Gasteiger partial charge in [-0.1, -0.05) is 0 Å². The molecule has 1 saturated heterocycles. The predicted molar refractivity (Wildman–Crippen MR) is 76.7 cm³/mol. The summed E-state index contributed by atoms with van der Waals surface area (Å²) in [6.07, 6.45) is 4.30. The second-order valence-electron chi connectivity index (χ2n) is 5.36. The molecular formula is C14H24N4O. The van der Waals surface area contributed by atoms with Crippen molar-refractivity contribution in [1.82, 2.24) is 15.3 Å². The lowest BCUT2D eigenvalue weighted by atomic mass is 9.99. The molecule has 1 aliphatic rings. The second-order valence-corrected chi connectivity index (χ2v) is 5.36. The molecular weight excluding hydrogens is 240 g/mol.